The first-order valence-corrected chi connectivity index (χ1v) is 11.5. The molecule has 1 aliphatic carbocycles. The Hall–Kier alpha value is -2.91. The van der Waals surface area contributed by atoms with Gasteiger partial charge in [0.25, 0.3) is 0 Å². The van der Waals surface area contributed by atoms with Crippen LogP contribution in [0.2, 0.25) is 0 Å². The number of nitrogens with zero attached hydrogens (tertiary/aromatic N) is 1. The topological polar surface area (TPSA) is 32.3 Å². The monoisotopic (exact) mass is 412 g/mol. The molecule has 1 aliphatic rings. The Labute approximate surface area is 186 Å². The van der Waals surface area contributed by atoms with Crippen LogP contribution < -0.4 is 5.32 Å². The molecule has 160 valence electrons. The second-order valence-electron chi connectivity index (χ2n) is 8.53. The van der Waals surface area contributed by atoms with Crippen molar-refractivity contribution in [3.8, 4) is 0 Å². The zero-order chi connectivity index (χ0) is 21.3. The van der Waals surface area contributed by atoms with Crippen LogP contribution in [0, 0.1) is 0 Å². The quantitative estimate of drug-likeness (QED) is 0.501. The van der Waals surface area contributed by atoms with Gasteiger partial charge in [-0.05, 0) is 29.5 Å². The van der Waals surface area contributed by atoms with Crippen LogP contribution in [0.1, 0.15) is 54.8 Å². The second-order valence-corrected chi connectivity index (χ2v) is 8.53. The first-order valence-electron chi connectivity index (χ1n) is 11.5. The fourth-order valence-corrected chi connectivity index (χ4v) is 4.56. The van der Waals surface area contributed by atoms with Crippen LogP contribution in [0.4, 0.5) is 0 Å². The van der Waals surface area contributed by atoms with E-state index < -0.39 is 0 Å². The first kappa shape index (κ1) is 21.3. The van der Waals surface area contributed by atoms with E-state index in [2.05, 4.69) is 70.9 Å². The van der Waals surface area contributed by atoms with Gasteiger partial charge >= 0.3 is 0 Å². The summed E-state index contributed by atoms with van der Waals surface area (Å²) < 4.78 is 0. The van der Waals surface area contributed by atoms with E-state index in [0.717, 1.165) is 18.4 Å². The molecule has 3 heteroatoms. The molecule has 0 aromatic heterocycles. The highest BCUT2D eigenvalue weighted by Crippen LogP contribution is 2.27. The molecule has 3 aromatic carbocycles. The summed E-state index contributed by atoms with van der Waals surface area (Å²) in [7, 11) is 0. The molecule has 1 fully saturated rings. The summed E-state index contributed by atoms with van der Waals surface area (Å²) in [5, 5.41) is 3.39. The van der Waals surface area contributed by atoms with Gasteiger partial charge in [-0.2, -0.15) is 0 Å². The van der Waals surface area contributed by atoms with Crippen molar-refractivity contribution in [2.24, 2.45) is 0 Å². The molecule has 4 rings (SSSR count). The molecule has 1 N–H and O–H groups in total. The molecule has 1 unspecified atom stereocenters. The van der Waals surface area contributed by atoms with Crippen molar-refractivity contribution in [1.82, 2.24) is 10.2 Å². The van der Waals surface area contributed by atoms with Gasteiger partial charge in [-0.3, -0.25) is 9.69 Å². The first-order chi connectivity index (χ1) is 15.3. The number of amides is 1. The Balaban J connectivity index is 1.65. The van der Waals surface area contributed by atoms with Crippen molar-refractivity contribution < 1.29 is 4.79 Å². The second kappa shape index (κ2) is 10.9. The maximum Gasteiger partial charge on any atom is 0.242 e. The van der Waals surface area contributed by atoms with E-state index in [1.807, 2.05) is 30.3 Å². The summed E-state index contributed by atoms with van der Waals surface area (Å²) in [6.07, 6.45) is 5.87. The van der Waals surface area contributed by atoms with Gasteiger partial charge in [0.2, 0.25) is 5.91 Å². The maximum absolute atomic E-state index is 13.7. The summed E-state index contributed by atoms with van der Waals surface area (Å²) in [5.41, 5.74) is 3.47. The van der Waals surface area contributed by atoms with Gasteiger partial charge in [0.1, 0.15) is 6.04 Å². The van der Waals surface area contributed by atoms with Gasteiger partial charge < -0.3 is 5.32 Å². The Morgan fingerprint density at radius 1 is 0.742 bits per heavy atom. The van der Waals surface area contributed by atoms with E-state index in [-0.39, 0.29) is 11.9 Å². The SMILES string of the molecule is O=C(NC1CCCCC1)C(c1ccccc1)N(Cc1ccccc1)Cc1ccccc1. The van der Waals surface area contributed by atoms with Crippen LogP contribution >= 0.6 is 0 Å². The third kappa shape index (κ3) is 6.05. The van der Waals surface area contributed by atoms with Crippen molar-refractivity contribution in [2.75, 3.05) is 0 Å². The molecule has 1 saturated carbocycles. The summed E-state index contributed by atoms with van der Waals surface area (Å²) >= 11 is 0. The van der Waals surface area contributed by atoms with Gasteiger partial charge in [0, 0.05) is 19.1 Å². The zero-order valence-electron chi connectivity index (χ0n) is 18.1. The predicted molar refractivity (Wildman–Crippen MR) is 126 cm³/mol. The molecule has 0 spiro atoms. The van der Waals surface area contributed by atoms with E-state index in [0.29, 0.717) is 19.1 Å². The van der Waals surface area contributed by atoms with E-state index in [1.165, 1.54) is 30.4 Å². The molecule has 0 saturated heterocycles. The summed E-state index contributed by atoms with van der Waals surface area (Å²) in [6, 6.07) is 31.1. The molecule has 31 heavy (non-hydrogen) atoms. The summed E-state index contributed by atoms with van der Waals surface area (Å²) in [6.45, 7) is 1.43. The summed E-state index contributed by atoms with van der Waals surface area (Å²) in [4.78, 5) is 16.0. The Bertz CT molecular complexity index is 880. The van der Waals surface area contributed by atoms with Crippen molar-refractivity contribution in [2.45, 2.75) is 57.3 Å². The maximum atomic E-state index is 13.7. The van der Waals surface area contributed by atoms with E-state index in [4.69, 9.17) is 0 Å². The molecule has 0 heterocycles. The highest BCUT2D eigenvalue weighted by Gasteiger charge is 2.30. The minimum absolute atomic E-state index is 0.116. The lowest BCUT2D eigenvalue weighted by Crippen LogP contribution is -2.44. The molecule has 1 atom stereocenters. The molecule has 0 radical (unpaired) electrons. The van der Waals surface area contributed by atoms with Crippen LogP contribution in [-0.2, 0) is 17.9 Å². The van der Waals surface area contributed by atoms with Crippen LogP contribution in [0.3, 0.4) is 0 Å². The summed E-state index contributed by atoms with van der Waals surface area (Å²) in [5.74, 6) is 0.116. The van der Waals surface area contributed by atoms with E-state index in [9.17, 15) is 4.79 Å². The Morgan fingerprint density at radius 2 is 1.23 bits per heavy atom. The number of carbonyl (C=O) groups excluding carboxylic acids is 1. The van der Waals surface area contributed by atoms with Gasteiger partial charge in [-0.25, -0.2) is 0 Å². The van der Waals surface area contributed by atoms with Crippen molar-refractivity contribution in [3.63, 3.8) is 0 Å². The smallest absolute Gasteiger partial charge is 0.242 e. The number of hydrogen-bond donors (Lipinski definition) is 1. The molecule has 3 nitrogen and oxygen atoms in total. The van der Waals surface area contributed by atoms with Gasteiger partial charge in [-0.1, -0.05) is 110 Å². The Kier molecular flexibility index (Phi) is 7.51. The van der Waals surface area contributed by atoms with Crippen molar-refractivity contribution in [1.29, 1.82) is 0 Å². The third-order valence-electron chi connectivity index (χ3n) is 6.14. The minimum atomic E-state index is -0.330. The Morgan fingerprint density at radius 3 is 1.74 bits per heavy atom. The largest absolute Gasteiger partial charge is 0.352 e. The number of nitrogens with one attached hydrogen (secondary N) is 1. The highest BCUT2D eigenvalue weighted by atomic mass is 16.2. The molecule has 0 aliphatic heterocycles. The number of rotatable bonds is 8. The van der Waals surface area contributed by atoms with Crippen molar-refractivity contribution >= 4 is 5.91 Å². The molecule has 1 amide bonds. The number of benzene rings is 3. The zero-order valence-corrected chi connectivity index (χ0v) is 18.1. The predicted octanol–water partition coefficient (Wildman–Crippen LogP) is 5.88. The van der Waals surface area contributed by atoms with Crippen LogP contribution in [0.15, 0.2) is 91.0 Å². The van der Waals surface area contributed by atoms with Crippen molar-refractivity contribution in [3.05, 3.63) is 108 Å². The number of hydrogen-bond acceptors (Lipinski definition) is 2. The molecule has 3 aromatic rings. The standard InChI is InChI=1S/C28H32N2O/c31-28(29-26-19-11-4-12-20-26)27(25-17-9-3-10-18-25)30(21-23-13-5-1-6-14-23)22-24-15-7-2-8-16-24/h1-3,5-10,13-18,26-27H,4,11-12,19-22H2,(H,29,31). The average Bonchev–Trinajstić information content (AvgIpc) is 2.82. The van der Waals surface area contributed by atoms with Gasteiger partial charge in [0.05, 0.1) is 0 Å². The van der Waals surface area contributed by atoms with Crippen LogP contribution in [-0.4, -0.2) is 16.8 Å². The number of carbonyl (C=O) groups is 1. The van der Waals surface area contributed by atoms with Crippen LogP contribution in [0.5, 0.6) is 0 Å². The third-order valence-corrected chi connectivity index (χ3v) is 6.14. The molecular weight excluding hydrogens is 380 g/mol. The lowest BCUT2D eigenvalue weighted by Gasteiger charge is -2.33. The van der Waals surface area contributed by atoms with Gasteiger partial charge in [0.15, 0.2) is 0 Å². The normalized spacial score (nSPS) is 15.5. The lowest BCUT2D eigenvalue weighted by molar-refractivity contribution is -0.128. The lowest BCUT2D eigenvalue weighted by atomic mass is 9.94. The minimum Gasteiger partial charge on any atom is -0.352 e. The van der Waals surface area contributed by atoms with E-state index in [1.54, 1.807) is 0 Å². The fourth-order valence-electron chi connectivity index (χ4n) is 4.56. The molecule has 0 bridgehead atoms. The van der Waals surface area contributed by atoms with Gasteiger partial charge in [-0.15, -0.1) is 0 Å². The molecular formula is C28H32N2O. The van der Waals surface area contributed by atoms with E-state index >= 15 is 0 Å². The fraction of sp³-hybridized carbons (Fsp3) is 0.321. The average molecular weight is 413 g/mol. The highest BCUT2D eigenvalue weighted by molar-refractivity contribution is 5.83. The van der Waals surface area contributed by atoms with Crippen LogP contribution in [0.25, 0.3) is 0 Å².